The summed E-state index contributed by atoms with van der Waals surface area (Å²) in [5, 5.41) is 7.46. The van der Waals surface area contributed by atoms with Crippen LogP contribution in [0.25, 0.3) is 5.95 Å². The Morgan fingerprint density at radius 3 is 2.80 bits per heavy atom. The van der Waals surface area contributed by atoms with Crippen LogP contribution in [0.5, 0.6) is 0 Å². The van der Waals surface area contributed by atoms with Gasteiger partial charge in [-0.3, -0.25) is 0 Å². The maximum Gasteiger partial charge on any atom is 0.257 e. The van der Waals surface area contributed by atoms with E-state index in [1.807, 2.05) is 6.26 Å². The van der Waals surface area contributed by atoms with E-state index in [-0.39, 0.29) is 0 Å². The van der Waals surface area contributed by atoms with Gasteiger partial charge in [0.15, 0.2) is 5.16 Å². The van der Waals surface area contributed by atoms with Gasteiger partial charge in [0.2, 0.25) is 5.95 Å². The van der Waals surface area contributed by atoms with E-state index in [1.165, 1.54) is 22.8 Å². The number of thioether (sulfide) groups is 1. The van der Waals surface area contributed by atoms with Gasteiger partial charge in [0.25, 0.3) is 5.95 Å². The lowest BCUT2D eigenvalue weighted by molar-refractivity contribution is 0.761. The minimum absolute atomic E-state index is 0.455. The van der Waals surface area contributed by atoms with E-state index in [0.29, 0.717) is 17.1 Å². The monoisotopic (exact) mass is 223 g/mol. The summed E-state index contributed by atoms with van der Waals surface area (Å²) in [6.45, 7) is 0. The molecule has 0 saturated carbocycles. The van der Waals surface area contributed by atoms with Gasteiger partial charge in [-0.2, -0.15) is 24.7 Å². The van der Waals surface area contributed by atoms with Crippen LogP contribution in [0, 0.1) is 0 Å². The summed E-state index contributed by atoms with van der Waals surface area (Å²) < 4.78 is 1.49. The normalized spacial score (nSPS) is 10.3. The molecule has 0 aliphatic heterocycles. The largest absolute Gasteiger partial charge is 0.357 e. The molecule has 0 aliphatic rings. The van der Waals surface area contributed by atoms with Gasteiger partial charge >= 0.3 is 0 Å². The Hall–Kier alpha value is -1.70. The standard InChI is InChI=1S/C7H9N7S/c1-8-5-11-6(13-7(12-5)15-2)14-4-9-3-10-14/h3-4H,1-2H3,(H,8,11,12,13). The average molecular weight is 223 g/mol. The van der Waals surface area contributed by atoms with Crippen LogP contribution in [0.3, 0.4) is 0 Å². The van der Waals surface area contributed by atoms with Gasteiger partial charge in [-0.25, -0.2) is 4.98 Å². The first kappa shape index (κ1) is 9.84. The molecule has 0 atom stereocenters. The summed E-state index contributed by atoms with van der Waals surface area (Å²) in [6, 6.07) is 0. The minimum Gasteiger partial charge on any atom is -0.357 e. The molecule has 2 aromatic rings. The first-order chi connectivity index (χ1) is 7.33. The fraction of sp³-hybridized carbons (Fsp3) is 0.286. The van der Waals surface area contributed by atoms with Crippen molar-refractivity contribution in [1.82, 2.24) is 29.7 Å². The Bertz CT molecular complexity index is 418. The Balaban J connectivity index is 2.47. The van der Waals surface area contributed by atoms with Crippen LogP contribution in [0.15, 0.2) is 17.8 Å². The lowest BCUT2D eigenvalue weighted by atomic mass is 10.8. The molecule has 2 heterocycles. The number of aromatic nitrogens is 6. The number of nitrogens with zero attached hydrogens (tertiary/aromatic N) is 6. The van der Waals surface area contributed by atoms with Gasteiger partial charge in [0.05, 0.1) is 0 Å². The third kappa shape index (κ3) is 2.04. The number of hydrogen-bond donors (Lipinski definition) is 1. The number of nitrogens with one attached hydrogen (secondary N) is 1. The van der Waals surface area contributed by atoms with Crippen LogP contribution in [0.2, 0.25) is 0 Å². The molecule has 0 amide bonds. The van der Waals surface area contributed by atoms with Gasteiger partial charge in [0, 0.05) is 7.05 Å². The zero-order valence-electron chi connectivity index (χ0n) is 8.25. The van der Waals surface area contributed by atoms with Gasteiger partial charge in [-0.15, -0.1) is 0 Å². The molecule has 2 rings (SSSR count). The van der Waals surface area contributed by atoms with Crippen LogP contribution in [-0.2, 0) is 0 Å². The van der Waals surface area contributed by atoms with Crippen molar-refractivity contribution in [2.45, 2.75) is 5.16 Å². The summed E-state index contributed by atoms with van der Waals surface area (Å²) in [4.78, 5) is 16.3. The first-order valence-electron chi connectivity index (χ1n) is 4.16. The fourth-order valence-corrected chi connectivity index (χ4v) is 1.31. The van der Waals surface area contributed by atoms with Crippen molar-refractivity contribution in [3.63, 3.8) is 0 Å². The minimum atomic E-state index is 0.455. The van der Waals surface area contributed by atoms with E-state index in [4.69, 9.17) is 0 Å². The van der Waals surface area contributed by atoms with E-state index < -0.39 is 0 Å². The molecular formula is C7H9N7S. The van der Waals surface area contributed by atoms with E-state index in [9.17, 15) is 0 Å². The highest BCUT2D eigenvalue weighted by molar-refractivity contribution is 7.98. The summed E-state index contributed by atoms with van der Waals surface area (Å²) >= 11 is 1.45. The van der Waals surface area contributed by atoms with Gasteiger partial charge < -0.3 is 5.32 Å². The SMILES string of the molecule is CNc1nc(SC)nc(-n2cncn2)n1. The summed E-state index contributed by atoms with van der Waals surface area (Å²) in [5.74, 6) is 0.969. The second kappa shape index (κ2) is 4.22. The van der Waals surface area contributed by atoms with Crippen molar-refractivity contribution >= 4 is 17.7 Å². The Labute approximate surface area is 90.4 Å². The molecule has 78 valence electrons. The molecular weight excluding hydrogens is 214 g/mol. The van der Waals surface area contributed by atoms with Crippen molar-refractivity contribution in [2.24, 2.45) is 0 Å². The van der Waals surface area contributed by atoms with E-state index in [2.05, 4.69) is 30.4 Å². The van der Waals surface area contributed by atoms with Crippen molar-refractivity contribution in [1.29, 1.82) is 0 Å². The maximum absolute atomic E-state index is 4.20. The van der Waals surface area contributed by atoms with Crippen LogP contribution in [0.4, 0.5) is 5.95 Å². The first-order valence-corrected chi connectivity index (χ1v) is 5.39. The molecule has 1 N–H and O–H groups in total. The highest BCUT2D eigenvalue weighted by Gasteiger charge is 2.06. The lowest BCUT2D eigenvalue weighted by Crippen LogP contribution is -2.07. The van der Waals surface area contributed by atoms with E-state index in [1.54, 1.807) is 13.4 Å². The number of hydrogen-bond acceptors (Lipinski definition) is 7. The molecule has 0 radical (unpaired) electrons. The highest BCUT2D eigenvalue weighted by Crippen LogP contribution is 2.11. The van der Waals surface area contributed by atoms with Crippen molar-refractivity contribution in [3.05, 3.63) is 12.7 Å². The molecule has 2 aromatic heterocycles. The molecule has 0 fully saturated rings. The molecule has 7 nitrogen and oxygen atoms in total. The zero-order valence-corrected chi connectivity index (χ0v) is 9.06. The van der Waals surface area contributed by atoms with Crippen LogP contribution in [-0.4, -0.2) is 43.0 Å². The second-order valence-electron chi connectivity index (χ2n) is 2.54. The van der Waals surface area contributed by atoms with Crippen molar-refractivity contribution in [2.75, 3.05) is 18.6 Å². The Morgan fingerprint density at radius 2 is 2.20 bits per heavy atom. The van der Waals surface area contributed by atoms with Crippen molar-refractivity contribution < 1.29 is 0 Å². The fourth-order valence-electron chi connectivity index (χ4n) is 0.963. The molecule has 0 saturated heterocycles. The molecule has 0 bridgehead atoms. The molecule has 0 spiro atoms. The Kier molecular flexibility index (Phi) is 2.77. The molecule has 0 aromatic carbocycles. The average Bonchev–Trinajstić information content (AvgIpc) is 2.81. The quantitative estimate of drug-likeness (QED) is 0.745. The molecule has 15 heavy (non-hydrogen) atoms. The van der Waals surface area contributed by atoms with Crippen LogP contribution < -0.4 is 5.32 Å². The molecule has 0 unspecified atom stereocenters. The van der Waals surface area contributed by atoms with Gasteiger partial charge in [-0.05, 0) is 6.26 Å². The number of anilines is 1. The highest BCUT2D eigenvalue weighted by atomic mass is 32.2. The maximum atomic E-state index is 4.20. The van der Waals surface area contributed by atoms with E-state index >= 15 is 0 Å². The van der Waals surface area contributed by atoms with E-state index in [0.717, 1.165) is 0 Å². The number of rotatable bonds is 3. The zero-order chi connectivity index (χ0) is 10.7. The lowest BCUT2D eigenvalue weighted by Gasteiger charge is -2.03. The Morgan fingerprint density at radius 1 is 1.33 bits per heavy atom. The third-order valence-corrected chi connectivity index (χ3v) is 2.18. The predicted octanol–water partition coefficient (Wildman–Crippen LogP) is 0.216. The molecule has 0 aliphatic carbocycles. The summed E-state index contributed by atoms with van der Waals surface area (Å²) in [6.07, 6.45) is 4.88. The van der Waals surface area contributed by atoms with Crippen molar-refractivity contribution in [3.8, 4) is 5.95 Å². The predicted molar refractivity (Wildman–Crippen MR) is 56.1 cm³/mol. The smallest absolute Gasteiger partial charge is 0.257 e. The van der Waals surface area contributed by atoms with Gasteiger partial charge in [0.1, 0.15) is 12.7 Å². The summed E-state index contributed by atoms with van der Waals surface area (Å²) in [7, 11) is 1.75. The summed E-state index contributed by atoms with van der Waals surface area (Å²) in [5.41, 5.74) is 0. The topological polar surface area (TPSA) is 81.4 Å². The molecule has 8 heteroatoms. The third-order valence-electron chi connectivity index (χ3n) is 1.63. The van der Waals surface area contributed by atoms with Crippen LogP contribution >= 0.6 is 11.8 Å². The van der Waals surface area contributed by atoms with Crippen LogP contribution in [0.1, 0.15) is 0 Å². The second-order valence-corrected chi connectivity index (χ2v) is 3.31. The van der Waals surface area contributed by atoms with Gasteiger partial charge in [-0.1, -0.05) is 11.8 Å².